The van der Waals surface area contributed by atoms with Crippen molar-refractivity contribution in [3.63, 3.8) is 0 Å². The Balaban J connectivity index is 1.31. The molecule has 0 amide bonds. The van der Waals surface area contributed by atoms with Gasteiger partial charge in [-0.25, -0.2) is 9.67 Å². The smallest absolute Gasteiger partial charge is 0.266 e. The van der Waals surface area contributed by atoms with Gasteiger partial charge in [0.25, 0.3) is 5.56 Å². The number of nitrogens with zero attached hydrogens (tertiary/aromatic N) is 5. The maximum absolute atomic E-state index is 11.9. The summed E-state index contributed by atoms with van der Waals surface area (Å²) in [7, 11) is 0. The molecule has 0 unspecified atom stereocenters. The van der Waals surface area contributed by atoms with Crippen LogP contribution < -0.4 is 5.56 Å². The van der Waals surface area contributed by atoms with E-state index < -0.39 is 0 Å². The second kappa shape index (κ2) is 7.12. The van der Waals surface area contributed by atoms with E-state index in [4.69, 9.17) is 4.98 Å². The molecule has 134 valence electrons. The lowest BCUT2D eigenvalue weighted by atomic mass is 9.97. The molecule has 25 heavy (non-hydrogen) atoms. The van der Waals surface area contributed by atoms with Gasteiger partial charge >= 0.3 is 0 Å². The number of fused-ring (bicyclic) bond motifs is 1. The lowest BCUT2D eigenvalue weighted by Gasteiger charge is -2.31. The van der Waals surface area contributed by atoms with Crippen LogP contribution in [-0.4, -0.2) is 37.3 Å². The number of rotatable bonds is 4. The highest BCUT2D eigenvalue weighted by Crippen LogP contribution is 2.21. The van der Waals surface area contributed by atoms with E-state index in [0.717, 1.165) is 57.7 Å². The number of imidazole rings is 1. The molecule has 0 atom stereocenters. The molecule has 2 aliphatic heterocycles. The summed E-state index contributed by atoms with van der Waals surface area (Å²) in [6.45, 7) is 6.91. The van der Waals surface area contributed by atoms with Gasteiger partial charge in [-0.2, -0.15) is 5.10 Å². The van der Waals surface area contributed by atoms with Crippen LogP contribution in [0.4, 0.5) is 0 Å². The average molecular weight is 341 g/mol. The van der Waals surface area contributed by atoms with Gasteiger partial charge in [-0.1, -0.05) is 0 Å². The van der Waals surface area contributed by atoms with E-state index in [1.807, 2.05) is 6.92 Å². The zero-order valence-corrected chi connectivity index (χ0v) is 15.0. The third kappa shape index (κ3) is 3.84. The summed E-state index contributed by atoms with van der Waals surface area (Å²) in [4.78, 5) is 19.2. The number of aromatic nitrogens is 4. The lowest BCUT2D eigenvalue weighted by molar-refractivity contribution is 0.162. The Morgan fingerprint density at radius 1 is 1.16 bits per heavy atom. The van der Waals surface area contributed by atoms with Gasteiger partial charge in [0, 0.05) is 38.3 Å². The van der Waals surface area contributed by atoms with Crippen molar-refractivity contribution in [2.75, 3.05) is 13.1 Å². The summed E-state index contributed by atoms with van der Waals surface area (Å²) in [6, 6.07) is 3.41. The van der Waals surface area contributed by atoms with Crippen LogP contribution in [0.5, 0.6) is 0 Å². The second-order valence-electron chi connectivity index (χ2n) is 7.51. The molecule has 0 radical (unpaired) electrons. The zero-order valence-electron chi connectivity index (χ0n) is 15.0. The van der Waals surface area contributed by atoms with Gasteiger partial charge in [0.2, 0.25) is 0 Å². The Morgan fingerprint density at radius 2 is 2.00 bits per heavy atom. The number of aryl methyl sites for hydroxylation is 3. The van der Waals surface area contributed by atoms with Crippen LogP contribution in [0.3, 0.4) is 0 Å². The topological polar surface area (TPSA) is 56.0 Å². The molecule has 0 aromatic carbocycles. The molecule has 4 heterocycles. The third-order valence-corrected chi connectivity index (χ3v) is 5.48. The first-order valence-corrected chi connectivity index (χ1v) is 9.49. The van der Waals surface area contributed by atoms with Crippen molar-refractivity contribution in [1.29, 1.82) is 0 Å². The highest BCUT2D eigenvalue weighted by Gasteiger charge is 2.22. The molecule has 0 saturated carbocycles. The molecule has 0 bridgehead atoms. The van der Waals surface area contributed by atoms with Gasteiger partial charge in [-0.3, -0.25) is 9.69 Å². The first kappa shape index (κ1) is 16.5. The van der Waals surface area contributed by atoms with E-state index in [-0.39, 0.29) is 5.56 Å². The summed E-state index contributed by atoms with van der Waals surface area (Å²) in [5.74, 6) is 1.81. The van der Waals surface area contributed by atoms with E-state index >= 15 is 0 Å². The third-order valence-electron chi connectivity index (χ3n) is 5.48. The number of likely N-dealkylation sites (tertiary alicyclic amines) is 1. The maximum Gasteiger partial charge on any atom is 0.266 e. The molecule has 0 spiro atoms. The zero-order chi connectivity index (χ0) is 17.2. The molecule has 6 nitrogen and oxygen atoms in total. The fourth-order valence-electron chi connectivity index (χ4n) is 4.03. The largest absolute Gasteiger partial charge is 0.335 e. The van der Waals surface area contributed by atoms with Crippen molar-refractivity contribution in [3.05, 3.63) is 45.9 Å². The van der Waals surface area contributed by atoms with Crippen molar-refractivity contribution in [1.82, 2.24) is 24.2 Å². The predicted molar refractivity (Wildman–Crippen MR) is 96.4 cm³/mol. The quantitative estimate of drug-likeness (QED) is 0.853. The summed E-state index contributed by atoms with van der Waals surface area (Å²) in [5, 5.41) is 4.37. The Hall–Kier alpha value is -1.95. The SMILES string of the molecule is Cc1ccc(=O)n(CC2CCN(Cc3cn4c(n3)CCCC4)CC2)n1. The van der Waals surface area contributed by atoms with Gasteiger partial charge in [0.05, 0.1) is 11.4 Å². The van der Waals surface area contributed by atoms with Crippen molar-refractivity contribution in [2.24, 2.45) is 5.92 Å². The monoisotopic (exact) mass is 341 g/mol. The number of hydrogen-bond acceptors (Lipinski definition) is 4. The van der Waals surface area contributed by atoms with Crippen molar-refractivity contribution < 1.29 is 0 Å². The first-order valence-electron chi connectivity index (χ1n) is 9.49. The molecule has 2 aliphatic rings. The average Bonchev–Trinajstić information content (AvgIpc) is 3.02. The Labute approximate surface area is 148 Å². The Bertz CT molecular complexity index is 762. The van der Waals surface area contributed by atoms with Gasteiger partial charge in [-0.05, 0) is 57.7 Å². The fraction of sp³-hybridized carbons (Fsp3) is 0.632. The number of piperidine rings is 1. The van der Waals surface area contributed by atoms with Crippen LogP contribution in [0.25, 0.3) is 0 Å². The Kier molecular flexibility index (Phi) is 4.70. The predicted octanol–water partition coefficient (Wildman–Crippen LogP) is 2.00. The molecule has 2 aromatic rings. The first-order chi connectivity index (χ1) is 12.2. The van der Waals surface area contributed by atoms with Crippen molar-refractivity contribution >= 4 is 0 Å². The van der Waals surface area contributed by atoms with Gasteiger partial charge in [-0.15, -0.1) is 0 Å². The van der Waals surface area contributed by atoms with E-state index in [1.54, 1.807) is 16.8 Å². The van der Waals surface area contributed by atoms with Crippen LogP contribution in [0.1, 0.15) is 42.9 Å². The fourth-order valence-corrected chi connectivity index (χ4v) is 4.03. The molecule has 4 rings (SSSR count). The molecule has 0 aliphatic carbocycles. The normalized spacial score (nSPS) is 19.1. The molecule has 0 N–H and O–H groups in total. The highest BCUT2D eigenvalue weighted by molar-refractivity contribution is 5.06. The Morgan fingerprint density at radius 3 is 2.80 bits per heavy atom. The lowest BCUT2D eigenvalue weighted by Crippen LogP contribution is -2.36. The highest BCUT2D eigenvalue weighted by atomic mass is 16.1. The minimum atomic E-state index is 0.0108. The molecule has 1 fully saturated rings. The molecule has 1 saturated heterocycles. The summed E-state index contributed by atoms with van der Waals surface area (Å²) in [6.07, 6.45) is 8.16. The summed E-state index contributed by atoms with van der Waals surface area (Å²) < 4.78 is 3.97. The van der Waals surface area contributed by atoms with Crippen LogP contribution in [-0.2, 0) is 26.1 Å². The van der Waals surface area contributed by atoms with Crippen LogP contribution >= 0.6 is 0 Å². The van der Waals surface area contributed by atoms with Crippen LogP contribution in [0, 0.1) is 12.8 Å². The summed E-state index contributed by atoms with van der Waals surface area (Å²) in [5.41, 5.74) is 2.13. The van der Waals surface area contributed by atoms with Gasteiger partial charge in [0.1, 0.15) is 5.82 Å². The van der Waals surface area contributed by atoms with Crippen LogP contribution in [0.15, 0.2) is 23.1 Å². The molecule has 6 heteroatoms. The van der Waals surface area contributed by atoms with Crippen molar-refractivity contribution in [2.45, 2.75) is 58.7 Å². The summed E-state index contributed by atoms with van der Waals surface area (Å²) >= 11 is 0. The van der Waals surface area contributed by atoms with E-state index in [1.165, 1.54) is 24.4 Å². The van der Waals surface area contributed by atoms with Crippen LogP contribution in [0.2, 0.25) is 0 Å². The number of hydrogen-bond donors (Lipinski definition) is 0. The van der Waals surface area contributed by atoms with E-state index in [9.17, 15) is 4.79 Å². The maximum atomic E-state index is 11.9. The van der Waals surface area contributed by atoms with Gasteiger partial charge < -0.3 is 4.57 Å². The van der Waals surface area contributed by atoms with E-state index in [2.05, 4.69) is 20.8 Å². The van der Waals surface area contributed by atoms with Crippen molar-refractivity contribution in [3.8, 4) is 0 Å². The molecule has 2 aromatic heterocycles. The minimum Gasteiger partial charge on any atom is -0.335 e. The van der Waals surface area contributed by atoms with Gasteiger partial charge in [0.15, 0.2) is 0 Å². The van der Waals surface area contributed by atoms with E-state index in [0.29, 0.717) is 5.92 Å². The standard InChI is InChI=1S/C19H27N5O/c1-15-5-6-19(25)24(21-15)12-16-7-10-22(11-8-16)13-17-14-23-9-3-2-4-18(23)20-17/h5-6,14,16H,2-4,7-13H2,1H3. The molecular formula is C19H27N5O. The second-order valence-corrected chi connectivity index (χ2v) is 7.51. The molecular weight excluding hydrogens is 314 g/mol. The minimum absolute atomic E-state index is 0.0108.